The van der Waals surface area contributed by atoms with Crippen LogP contribution < -0.4 is 10.5 Å². The number of aliphatic imine (C=N–C) groups is 1. The highest BCUT2D eigenvalue weighted by Crippen LogP contribution is 2.25. The third-order valence-corrected chi connectivity index (χ3v) is 3.18. The van der Waals surface area contributed by atoms with Crippen molar-refractivity contribution in [3.63, 3.8) is 0 Å². The molecule has 0 aromatic heterocycles. The molecule has 2 N–H and O–H groups in total. The maximum absolute atomic E-state index is 13.6. The smallest absolute Gasteiger partial charge is 0.191 e. The summed E-state index contributed by atoms with van der Waals surface area (Å²) >= 11 is 0. The molecule has 0 aliphatic heterocycles. The Morgan fingerprint density at radius 1 is 1.50 bits per heavy atom. The van der Waals surface area contributed by atoms with Crippen LogP contribution >= 0.6 is 24.0 Å². The Hall–Kier alpha value is -1.05. The van der Waals surface area contributed by atoms with Crippen LogP contribution in [0.4, 0.5) is 4.39 Å². The summed E-state index contributed by atoms with van der Waals surface area (Å²) in [5.41, 5.74) is 6.66. The molecule has 0 unspecified atom stereocenters. The molecule has 20 heavy (non-hydrogen) atoms. The van der Waals surface area contributed by atoms with Gasteiger partial charge in [0.2, 0.25) is 0 Å². The maximum Gasteiger partial charge on any atom is 0.191 e. The predicted octanol–water partition coefficient (Wildman–Crippen LogP) is 2.75. The number of halogens is 2. The minimum Gasteiger partial charge on any atom is -0.491 e. The van der Waals surface area contributed by atoms with E-state index >= 15 is 0 Å². The van der Waals surface area contributed by atoms with Gasteiger partial charge in [-0.05, 0) is 37.5 Å². The summed E-state index contributed by atoms with van der Waals surface area (Å²) in [5.74, 6) is 0.429. The van der Waals surface area contributed by atoms with E-state index in [-0.39, 0.29) is 35.5 Å². The lowest BCUT2D eigenvalue weighted by Gasteiger charge is -2.16. The van der Waals surface area contributed by atoms with Crippen LogP contribution in [0.3, 0.4) is 0 Å². The molecule has 0 amide bonds. The first kappa shape index (κ1) is 17.0. The second kappa shape index (κ2) is 7.66. The van der Waals surface area contributed by atoms with Gasteiger partial charge in [0.15, 0.2) is 17.5 Å². The Kier molecular flexibility index (Phi) is 6.51. The average molecular weight is 393 g/mol. The summed E-state index contributed by atoms with van der Waals surface area (Å²) in [6, 6.07) is 5.41. The number of rotatable bonds is 5. The summed E-state index contributed by atoms with van der Waals surface area (Å²) in [5, 5.41) is 0. The average Bonchev–Trinajstić information content (AvgIpc) is 3.22. The predicted molar refractivity (Wildman–Crippen MR) is 89.1 cm³/mol. The molecule has 1 fully saturated rings. The molecule has 0 spiro atoms. The molecular formula is C14H21FIN3O. The molecule has 1 aromatic carbocycles. The van der Waals surface area contributed by atoms with Crippen molar-refractivity contribution in [2.24, 2.45) is 10.7 Å². The van der Waals surface area contributed by atoms with Crippen molar-refractivity contribution in [2.45, 2.75) is 32.4 Å². The normalized spacial score (nSPS) is 14.7. The molecule has 1 saturated carbocycles. The van der Waals surface area contributed by atoms with E-state index in [2.05, 4.69) is 4.99 Å². The van der Waals surface area contributed by atoms with E-state index in [1.165, 1.54) is 18.9 Å². The number of ether oxygens (including phenoxy) is 1. The van der Waals surface area contributed by atoms with E-state index in [9.17, 15) is 4.39 Å². The monoisotopic (exact) mass is 393 g/mol. The van der Waals surface area contributed by atoms with Gasteiger partial charge in [0, 0.05) is 13.1 Å². The molecule has 1 aromatic rings. The van der Waals surface area contributed by atoms with Crippen molar-refractivity contribution in [3.8, 4) is 5.75 Å². The van der Waals surface area contributed by atoms with Crippen LogP contribution in [0.5, 0.6) is 5.75 Å². The Bertz CT molecular complexity index is 477. The topological polar surface area (TPSA) is 50.9 Å². The third-order valence-electron chi connectivity index (χ3n) is 3.18. The van der Waals surface area contributed by atoms with Gasteiger partial charge in [0.05, 0.1) is 13.2 Å². The van der Waals surface area contributed by atoms with Crippen molar-refractivity contribution in [3.05, 3.63) is 29.6 Å². The Labute approximate surface area is 136 Å². The number of hydrogen-bond donors (Lipinski definition) is 1. The Morgan fingerprint density at radius 2 is 2.20 bits per heavy atom. The highest BCUT2D eigenvalue weighted by atomic mass is 127. The van der Waals surface area contributed by atoms with Gasteiger partial charge in [0.25, 0.3) is 0 Å². The fourth-order valence-corrected chi connectivity index (χ4v) is 1.85. The number of nitrogens with two attached hydrogens (primary N) is 1. The molecule has 4 nitrogen and oxygen atoms in total. The standard InChI is InChI=1S/C14H20FN3O.HI/c1-3-19-13-7-4-10(8-12(13)15)9-17-14(16)18(2)11-5-6-11;/h4,7-8,11H,3,5-6,9H2,1-2H3,(H2,16,17);1H. The summed E-state index contributed by atoms with van der Waals surface area (Å²) in [4.78, 5) is 6.26. The summed E-state index contributed by atoms with van der Waals surface area (Å²) in [6.07, 6.45) is 2.34. The zero-order chi connectivity index (χ0) is 13.8. The van der Waals surface area contributed by atoms with Crippen molar-refractivity contribution in [1.82, 2.24) is 4.90 Å². The lowest BCUT2D eigenvalue weighted by atomic mass is 10.2. The van der Waals surface area contributed by atoms with Crippen LogP contribution in [-0.4, -0.2) is 30.6 Å². The van der Waals surface area contributed by atoms with Gasteiger partial charge < -0.3 is 15.4 Å². The molecule has 1 aliphatic rings. The van der Waals surface area contributed by atoms with Crippen LogP contribution in [0, 0.1) is 5.82 Å². The van der Waals surface area contributed by atoms with Crippen LogP contribution in [0.15, 0.2) is 23.2 Å². The van der Waals surface area contributed by atoms with Crippen molar-refractivity contribution in [1.29, 1.82) is 0 Å². The van der Waals surface area contributed by atoms with E-state index in [1.54, 1.807) is 6.07 Å². The van der Waals surface area contributed by atoms with E-state index in [0.29, 0.717) is 25.2 Å². The minimum absolute atomic E-state index is 0. The van der Waals surface area contributed by atoms with Gasteiger partial charge in [-0.3, -0.25) is 0 Å². The van der Waals surface area contributed by atoms with Crippen LogP contribution in [0.2, 0.25) is 0 Å². The summed E-state index contributed by atoms with van der Waals surface area (Å²) < 4.78 is 18.8. The van der Waals surface area contributed by atoms with E-state index < -0.39 is 0 Å². The lowest BCUT2D eigenvalue weighted by Crippen LogP contribution is -2.35. The molecule has 0 atom stereocenters. The van der Waals surface area contributed by atoms with Crippen LogP contribution in [0.1, 0.15) is 25.3 Å². The second-order valence-electron chi connectivity index (χ2n) is 4.71. The largest absolute Gasteiger partial charge is 0.491 e. The van der Waals surface area contributed by atoms with E-state index in [4.69, 9.17) is 10.5 Å². The summed E-state index contributed by atoms with van der Waals surface area (Å²) in [6.45, 7) is 2.66. The molecule has 0 saturated heterocycles. The SMILES string of the molecule is CCOc1ccc(CN=C(N)N(C)C2CC2)cc1F.I. The maximum atomic E-state index is 13.6. The molecule has 1 aliphatic carbocycles. The van der Waals surface area contributed by atoms with E-state index in [1.807, 2.05) is 24.9 Å². The van der Waals surface area contributed by atoms with Gasteiger partial charge in [0.1, 0.15) is 0 Å². The highest BCUT2D eigenvalue weighted by molar-refractivity contribution is 14.0. The fraction of sp³-hybridized carbons (Fsp3) is 0.500. The molecule has 0 radical (unpaired) electrons. The van der Waals surface area contributed by atoms with Gasteiger partial charge in [-0.1, -0.05) is 6.07 Å². The number of hydrogen-bond acceptors (Lipinski definition) is 2. The lowest BCUT2D eigenvalue weighted by molar-refractivity contribution is 0.321. The molecule has 0 heterocycles. The zero-order valence-electron chi connectivity index (χ0n) is 11.8. The fourth-order valence-electron chi connectivity index (χ4n) is 1.85. The van der Waals surface area contributed by atoms with E-state index in [0.717, 1.165) is 5.56 Å². The molecule has 112 valence electrons. The van der Waals surface area contributed by atoms with Crippen molar-refractivity contribution >= 4 is 29.9 Å². The second-order valence-corrected chi connectivity index (χ2v) is 4.71. The van der Waals surface area contributed by atoms with Crippen LogP contribution in [0.25, 0.3) is 0 Å². The number of benzene rings is 1. The first-order valence-corrected chi connectivity index (χ1v) is 6.55. The molecular weight excluding hydrogens is 372 g/mol. The van der Waals surface area contributed by atoms with Gasteiger partial charge in [-0.2, -0.15) is 0 Å². The van der Waals surface area contributed by atoms with Crippen LogP contribution in [-0.2, 0) is 6.54 Å². The van der Waals surface area contributed by atoms with Gasteiger partial charge >= 0.3 is 0 Å². The van der Waals surface area contributed by atoms with Gasteiger partial charge in [-0.15, -0.1) is 24.0 Å². The quantitative estimate of drug-likeness (QED) is 0.476. The molecule has 6 heteroatoms. The van der Waals surface area contributed by atoms with Crippen molar-refractivity contribution in [2.75, 3.05) is 13.7 Å². The summed E-state index contributed by atoms with van der Waals surface area (Å²) in [7, 11) is 1.94. The molecule has 0 bridgehead atoms. The third kappa shape index (κ3) is 4.50. The Balaban J connectivity index is 0.00000200. The number of guanidine groups is 1. The van der Waals surface area contributed by atoms with Crippen molar-refractivity contribution < 1.29 is 9.13 Å². The first-order chi connectivity index (χ1) is 9.11. The zero-order valence-corrected chi connectivity index (χ0v) is 14.1. The Morgan fingerprint density at radius 3 is 2.75 bits per heavy atom. The molecule has 2 rings (SSSR count). The first-order valence-electron chi connectivity index (χ1n) is 6.55. The number of nitrogens with zero attached hydrogens (tertiary/aromatic N) is 2. The minimum atomic E-state index is -0.358. The van der Waals surface area contributed by atoms with Gasteiger partial charge in [-0.25, -0.2) is 9.38 Å². The highest BCUT2D eigenvalue weighted by Gasteiger charge is 2.27.